The fraction of sp³-hybridized carbons (Fsp3) is 0.857. The lowest BCUT2D eigenvalue weighted by atomic mass is 10.1. The molecule has 1 rings (SSSR count). The minimum atomic E-state index is 0.476. The highest BCUT2D eigenvalue weighted by Gasteiger charge is 2.10. The first-order valence-electron chi connectivity index (χ1n) is 3.26. The monoisotopic (exact) mass is 112 g/mol. The first-order valence-corrected chi connectivity index (χ1v) is 3.26. The molecule has 1 heteroatoms. The average molecular weight is 112 g/mol. The van der Waals surface area contributed by atoms with Crippen LogP contribution in [-0.2, 0) is 4.74 Å². The fourth-order valence-corrected chi connectivity index (χ4v) is 0.882. The van der Waals surface area contributed by atoms with E-state index >= 15 is 0 Å². The van der Waals surface area contributed by atoms with Gasteiger partial charge in [0, 0.05) is 6.61 Å². The molecule has 2 radical (unpaired) electrons. The molecule has 1 nitrogen and oxygen atoms in total. The Balaban J connectivity index is 2.13. The lowest BCUT2D eigenvalue weighted by Gasteiger charge is -2.19. The molecule has 0 aromatic rings. The Hall–Kier alpha value is -0.0400. The van der Waals surface area contributed by atoms with Crippen molar-refractivity contribution in [1.29, 1.82) is 0 Å². The molecule has 0 bridgehead atoms. The van der Waals surface area contributed by atoms with Crippen molar-refractivity contribution in [2.45, 2.75) is 32.3 Å². The van der Waals surface area contributed by atoms with Crippen LogP contribution in [0.4, 0.5) is 0 Å². The molecule has 0 N–H and O–H groups in total. The first kappa shape index (κ1) is 6.09. The molecule has 0 aromatic carbocycles. The van der Waals surface area contributed by atoms with Gasteiger partial charge in [-0.1, -0.05) is 6.92 Å². The van der Waals surface area contributed by atoms with E-state index in [-0.39, 0.29) is 0 Å². The topological polar surface area (TPSA) is 9.23 Å². The SMILES string of the molecule is CCC1C[C]CCO1. The van der Waals surface area contributed by atoms with E-state index in [2.05, 4.69) is 13.3 Å². The average Bonchev–Trinajstić information content (AvgIpc) is 1.90. The summed E-state index contributed by atoms with van der Waals surface area (Å²) in [5, 5.41) is 0. The van der Waals surface area contributed by atoms with Gasteiger partial charge in [-0.2, -0.15) is 0 Å². The van der Waals surface area contributed by atoms with E-state index in [1.165, 1.54) is 0 Å². The van der Waals surface area contributed by atoms with E-state index in [0.29, 0.717) is 6.10 Å². The molecule has 1 saturated heterocycles. The van der Waals surface area contributed by atoms with Gasteiger partial charge in [0.05, 0.1) is 6.10 Å². The van der Waals surface area contributed by atoms with Crippen LogP contribution in [0.5, 0.6) is 0 Å². The highest BCUT2D eigenvalue weighted by atomic mass is 16.5. The molecular weight excluding hydrogens is 100 g/mol. The molecule has 0 spiro atoms. The van der Waals surface area contributed by atoms with Gasteiger partial charge in [-0.15, -0.1) is 0 Å². The smallest absolute Gasteiger partial charge is 0.0578 e. The van der Waals surface area contributed by atoms with Crippen molar-refractivity contribution < 1.29 is 4.74 Å². The van der Waals surface area contributed by atoms with Crippen molar-refractivity contribution in [3.8, 4) is 0 Å². The Bertz CT molecular complexity index is 55.4. The Morgan fingerprint density at radius 2 is 2.62 bits per heavy atom. The molecule has 46 valence electrons. The Kier molecular flexibility index (Phi) is 2.34. The molecule has 0 aromatic heterocycles. The second-order valence-corrected chi connectivity index (χ2v) is 2.11. The molecule has 0 saturated carbocycles. The van der Waals surface area contributed by atoms with Crippen molar-refractivity contribution in [1.82, 2.24) is 0 Å². The quantitative estimate of drug-likeness (QED) is 0.501. The maximum absolute atomic E-state index is 5.36. The minimum Gasteiger partial charge on any atom is -0.378 e. The fourth-order valence-electron chi connectivity index (χ4n) is 0.882. The molecule has 1 fully saturated rings. The van der Waals surface area contributed by atoms with Gasteiger partial charge >= 0.3 is 0 Å². The van der Waals surface area contributed by atoms with Crippen molar-refractivity contribution >= 4 is 0 Å². The maximum Gasteiger partial charge on any atom is 0.0578 e. The van der Waals surface area contributed by atoms with Crippen molar-refractivity contribution in [2.75, 3.05) is 6.61 Å². The van der Waals surface area contributed by atoms with Crippen LogP contribution in [0.15, 0.2) is 0 Å². The zero-order chi connectivity index (χ0) is 5.82. The molecular formula is C7H12O. The highest BCUT2D eigenvalue weighted by Crippen LogP contribution is 2.13. The molecule has 1 aliphatic heterocycles. The number of rotatable bonds is 1. The zero-order valence-corrected chi connectivity index (χ0v) is 5.31. The summed E-state index contributed by atoms with van der Waals surface area (Å²) >= 11 is 0. The maximum atomic E-state index is 5.36. The lowest BCUT2D eigenvalue weighted by molar-refractivity contribution is 0.0319. The van der Waals surface area contributed by atoms with Crippen LogP contribution in [0.25, 0.3) is 0 Å². The second-order valence-electron chi connectivity index (χ2n) is 2.11. The molecule has 1 atom stereocenters. The summed E-state index contributed by atoms with van der Waals surface area (Å²) in [4.78, 5) is 0. The second kappa shape index (κ2) is 3.08. The third kappa shape index (κ3) is 1.48. The van der Waals surface area contributed by atoms with Crippen LogP contribution in [0.2, 0.25) is 0 Å². The van der Waals surface area contributed by atoms with Gasteiger partial charge in [0.25, 0.3) is 0 Å². The summed E-state index contributed by atoms with van der Waals surface area (Å²) in [6, 6.07) is 0. The van der Waals surface area contributed by atoms with Crippen molar-refractivity contribution in [3.63, 3.8) is 0 Å². The summed E-state index contributed by atoms with van der Waals surface area (Å²) in [6.07, 6.45) is 6.93. The van der Waals surface area contributed by atoms with Crippen LogP contribution >= 0.6 is 0 Å². The van der Waals surface area contributed by atoms with E-state index < -0.39 is 0 Å². The van der Waals surface area contributed by atoms with Gasteiger partial charge in [-0.05, 0) is 25.7 Å². The summed E-state index contributed by atoms with van der Waals surface area (Å²) in [6.45, 7) is 3.04. The molecule has 8 heavy (non-hydrogen) atoms. The predicted molar refractivity (Wildman–Crippen MR) is 32.5 cm³/mol. The third-order valence-corrected chi connectivity index (χ3v) is 1.46. The van der Waals surface area contributed by atoms with Gasteiger partial charge in [0.15, 0.2) is 0 Å². The predicted octanol–water partition coefficient (Wildman–Crippen LogP) is 1.66. The van der Waals surface area contributed by atoms with Crippen molar-refractivity contribution in [2.24, 2.45) is 0 Å². The first-order chi connectivity index (χ1) is 3.93. The lowest BCUT2D eigenvalue weighted by Crippen LogP contribution is -2.17. The minimum absolute atomic E-state index is 0.476. The van der Waals surface area contributed by atoms with E-state index in [0.717, 1.165) is 25.9 Å². The van der Waals surface area contributed by atoms with Crippen molar-refractivity contribution in [3.05, 3.63) is 6.42 Å². The van der Waals surface area contributed by atoms with E-state index in [1.807, 2.05) is 0 Å². The van der Waals surface area contributed by atoms with Gasteiger partial charge in [0.2, 0.25) is 0 Å². The summed E-state index contributed by atoms with van der Waals surface area (Å²) in [7, 11) is 0. The van der Waals surface area contributed by atoms with E-state index in [4.69, 9.17) is 4.74 Å². The largest absolute Gasteiger partial charge is 0.378 e. The Morgan fingerprint density at radius 1 is 1.75 bits per heavy atom. The van der Waals surface area contributed by atoms with Crippen LogP contribution in [0, 0.1) is 6.42 Å². The molecule has 1 unspecified atom stereocenters. The number of hydrogen-bond acceptors (Lipinski definition) is 1. The summed E-state index contributed by atoms with van der Waals surface area (Å²) in [5.74, 6) is 0. The normalized spacial score (nSPS) is 30.4. The Labute approximate surface area is 51.0 Å². The van der Waals surface area contributed by atoms with Gasteiger partial charge in [-0.25, -0.2) is 0 Å². The third-order valence-electron chi connectivity index (χ3n) is 1.46. The standard InChI is InChI=1S/C7H12O/c1-2-7-5-3-4-6-8-7/h7H,2,4-6H2,1H3. The van der Waals surface area contributed by atoms with Crippen LogP contribution in [0.3, 0.4) is 0 Å². The molecule has 1 heterocycles. The molecule has 1 aliphatic rings. The summed E-state index contributed by atoms with van der Waals surface area (Å²) in [5.41, 5.74) is 0. The van der Waals surface area contributed by atoms with Crippen LogP contribution in [0.1, 0.15) is 26.2 Å². The summed E-state index contributed by atoms with van der Waals surface area (Å²) < 4.78 is 5.36. The number of ether oxygens (including phenoxy) is 1. The van der Waals surface area contributed by atoms with Gasteiger partial charge < -0.3 is 4.74 Å². The van der Waals surface area contributed by atoms with Gasteiger partial charge in [0.1, 0.15) is 0 Å². The van der Waals surface area contributed by atoms with E-state index in [1.54, 1.807) is 0 Å². The Morgan fingerprint density at radius 3 is 3.00 bits per heavy atom. The van der Waals surface area contributed by atoms with E-state index in [9.17, 15) is 0 Å². The molecule has 0 amide bonds. The van der Waals surface area contributed by atoms with Gasteiger partial charge in [-0.3, -0.25) is 0 Å². The highest BCUT2D eigenvalue weighted by molar-refractivity contribution is 4.74. The van der Waals surface area contributed by atoms with Crippen LogP contribution < -0.4 is 0 Å². The molecule has 0 aliphatic carbocycles. The number of hydrogen-bond donors (Lipinski definition) is 0. The zero-order valence-electron chi connectivity index (χ0n) is 5.31. The van der Waals surface area contributed by atoms with Crippen LogP contribution in [-0.4, -0.2) is 12.7 Å².